The van der Waals surface area contributed by atoms with Gasteiger partial charge in [0.2, 0.25) is 5.91 Å². The topological polar surface area (TPSA) is 50.6 Å². The summed E-state index contributed by atoms with van der Waals surface area (Å²) < 4.78 is 0. The van der Waals surface area contributed by atoms with E-state index in [0.29, 0.717) is 18.9 Å². The van der Waals surface area contributed by atoms with Gasteiger partial charge in [-0.15, -0.1) is 0 Å². The average Bonchev–Trinajstić information content (AvgIpc) is 2.78. The van der Waals surface area contributed by atoms with Gasteiger partial charge < -0.3 is 9.80 Å². The van der Waals surface area contributed by atoms with Crippen molar-refractivity contribution in [3.63, 3.8) is 0 Å². The van der Waals surface area contributed by atoms with E-state index in [9.17, 15) is 4.79 Å². The number of nitrogens with zero attached hydrogens (tertiary/aromatic N) is 4. The second-order valence-corrected chi connectivity index (χ2v) is 6.17. The highest BCUT2D eigenvalue weighted by Crippen LogP contribution is 2.11. The highest BCUT2D eigenvalue weighted by molar-refractivity contribution is 5.78. The van der Waals surface area contributed by atoms with Crippen LogP contribution >= 0.6 is 0 Å². The molecular formula is C16H28N4O. The number of unbranched alkanes of at least 4 members (excludes halogenated alkanes) is 1. The van der Waals surface area contributed by atoms with Gasteiger partial charge in [-0.1, -0.05) is 12.8 Å². The summed E-state index contributed by atoms with van der Waals surface area (Å²) in [5.74, 6) is 0.315. The third-order valence-corrected chi connectivity index (χ3v) is 4.55. The predicted octanol–water partition coefficient (Wildman–Crippen LogP) is 1.31. The lowest BCUT2D eigenvalue weighted by atomic mass is 10.2. The molecule has 0 radical (unpaired) electrons. The summed E-state index contributed by atoms with van der Waals surface area (Å²) in [6.07, 6.45) is 6.48. The maximum absolute atomic E-state index is 12.3. The van der Waals surface area contributed by atoms with Gasteiger partial charge in [0.05, 0.1) is 12.6 Å². The molecule has 0 N–H and O–H groups in total. The van der Waals surface area contributed by atoms with Crippen molar-refractivity contribution in [1.29, 1.82) is 5.26 Å². The van der Waals surface area contributed by atoms with Crippen LogP contribution in [0.25, 0.3) is 0 Å². The Morgan fingerprint density at radius 1 is 0.905 bits per heavy atom. The van der Waals surface area contributed by atoms with Gasteiger partial charge in [0.15, 0.2) is 0 Å². The minimum Gasteiger partial charge on any atom is -0.342 e. The van der Waals surface area contributed by atoms with Crippen molar-refractivity contribution in [2.24, 2.45) is 0 Å². The fourth-order valence-electron chi connectivity index (χ4n) is 3.16. The first-order valence-corrected chi connectivity index (χ1v) is 8.39. The second kappa shape index (κ2) is 9.01. The highest BCUT2D eigenvalue weighted by Gasteiger charge is 2.21. The molecule has 0 aromatic rings. The molecule has 0 saturated carbocycles. The zero-order chi connectivity index (χ0) is 14.9. The van der Waals surface area contributed by atoms with E-state index in [1.165, 1.54) is 25.7 Å². The van der Waals surface area contributed by atoms with Gasteiger partial charge in [-0.2, -0.15) is 5.26 Å². The Kier molecular flexibility index (Phi) is 6.98. The molecule has 0 unspecified atom stereocenters. The SMILES string of the molecule is N#CCCCN1CCN(CC(=O)N2CCCCCC2)CC1. The van der Waals surface area contributed by atoms with Crippen molar-refractivity contribution in [2.45, 2.75) is 38.5 Å². The predicted molar refractivity (Wildman–Crippen MR) is 82.8 cm³/mol. The lowest BCUT2D eigenvalue weighted by Gasteiger charge is -2.35. The summed E-state index contributed by atoms with van der Waals surface area (Å²) in [5.41, 5.74) is 0. The number of hydrogen-bond donors (Lipinski definition) is 0. The van der Waals surface area contributed by atoms with E-state index in [1.807, 2.05) is 0 Å². The standard InChI is InChI=1S/C16H28N4O/c17-7-3-6-8-18-11-13-19(14-12-18)15-16(21)20-9-4-1-2-5-10-20/h1-6,8-15H2. The highest BCUT2D eigenvalue weighted by atomic mass is 16.2. The van der Waals surface area contributed by atoms with Crippen LogP contribution in [0.15, 0.2) is 0 Å². The maximum atomic E-state index is 12.3. The smallest absolute Gasteiger partial charge is 0.236 e. The van der Waals surface area contributed by atoms with E-state index in [1.54, 1.807) is 0 Å². The average molecular weight is 292 g/mol. The van der Waals surface area contributed by atoms with Crippen LogP contribution in [0.2, 0.25) is 0 Å². The summed E-state index contributed by atoms with van der Waals surface area (Å²) in [7, 11) is 0. The number of carbonyl (C=O) groups is 1. The molecule has 5 nitrogen and oxygen atoms in total. The zero-order valence-corrected chi connectivity index (χ0v) is 13.1. The van der Waals surface area contributed by atoms with Gasteiger partial charge in [0, 0.05) is 45.7 Å². The van der Waals surface area contributed by atoms with Gasteiger partial charge in [-0.25, -0.2) is 0 Å². The van der Waals surface area contributed by atoms with E-state index in [-0.39, 0.29) is 0 Å². The molecule has 2 aliphatic rings. The van der Waals surface area contributed by atoms with Crippen molar-refractivity contribution in [1.82, 2.24) is 14.7 Å². The van der Waals surface area contributed by atoms with Crippen LogP contribution in [0.1, 0.15) is 38.5 Å². The van der Waals surface area contributed by atoms with Crippen LogP contribution in [-0.2, 0) is 4.79 Å². The number of hydrogen-bond acceptors (Lipinski definition) is 4. The number of piperazine rings is 1. The fraction of sp³-hybridized carbons (Fsp3) is 0.875. The summed E-state index contributed by atoms with van der Waals surface area (Å²) >= 11 is 0. The molecule has 118 valence electrons. The lowest BCUT2D eigenvalue weighted by Crippen LogP contribution is -2.50. The van der Waals surface area contributed by atoms with Gasteiger partial charge in [0.1, 0.15) is 0 Å². The number of carbonyl (C=O) groups excluding carboxylic acids is 1. The summed E-state index contributed by atoms with van der Waals surface area (Å²) in [6.45, 7) is 7.52. The molecule has 2 aliphatic heterocycles. The summed E-state index contributed by atoms with van der Waals surface area (Å²) in [6, 6.07) is 2.20. The van der Waals surface area contributed by atoms with Gasteiger partial charge in [-0.05, 0) is 25.8 Å². The Balaban J connectivity index is 1.65. The molecular weight excluding hydrogens is 264 g/mol. The third kappa shape index (κ3) is 5.64. The number of amides is 1. The first kappa shape index (κ1) is 16.3. The molecule has 2 heterocycles. The van der Waals surface area contributed by atoms with E-state index < -0.39 is 0 Å². The molecule has 2 rings (SSSR count). The van der Waals surface area contributed by atoms with Crippen LogP contribution in [0, 0.1) is 11.3 Å². The van der Waals surface area contributed by atoms with Gasteiger partial charge >= 0.3 is 0 Å². The van der Waals surface area contributed by atoms with Gasteiger partial charge in [-0.3, -0.25) is 9.69 Å². The minimum atomic E-state index is 0.315. The van der Waals surface area contributed by atoms with Crippen molar-refractivity contribution in [3.8, 4) is 6.07 Å². The van der Waals surface area contributed by atoms with E-state index >= 15 is 0 Å². The molecule has 0 spiro atoms. The molecule has 0 aromatic carbocycles. The van der Waals surface area contributed by atoms with Crippen molar-refractivity contribution < 1.29 is 4.79 Å². The Morgan fingerprint density at radius 2 is 1.52 bits per heavy atom. The molecule has 2 fully saturated rings. The van der Waals surface area contributed by atoms with Crippen LogP contribution in [0.3, 0.4) is 0 Å². The lowest BCUT2D eigenvalue weighted by molar-refractivity contribution is -0.132. The van der Waals surface area contributed by atoms with E-state index in [4.69, 9.17) is 5.26 Å². The number of rotatable bonds is 5. The largest absolute Gasteiger partial charge is 0.342 e. The summed E-state index contributed by atoms with van der Waals surface area (Å²) in [4.78, 5) is 19.1. The van der Waals surface area contributed by atoms with Crippen molar-refractivity contribution in [3.05, 3.63) is 0 Å². The minimum absolute atomic E-state index is 0.315. The molecule has 5 heteroatoms. The molecule has 21 heavy (non-hydrogen) atoms. The maximum Gasteiger partial charge on any atom is 0.236 e. The van der Waals surface area contributed by atoms with Crippen LogP contribution < -0.4 is 0 Å². The van der Waals surface area contributed by atoms with Crippen molar-refractivity contribution in [2.75, 3.05) is 52.4 Å². The fourth-order valence-corrected chi connectivity index (χ4v) is 3.16. The van der Waals surface area contributed by atoms with Crippen LogP contribution in [-0.4, -0.2) is 73.0 Å². The van der Waals surface area contributed by atoms with E-state index in [2.05, 4.69) is 20.8 Å². The number of likely N-dealkylation sites (tertiary alicyclic amines) is 1. The van der Waals surface area contributed by atoms with Crippen molar-refractivity contribution >= 4 is 5.91 Å². The molecule has 0 bridgehead atoms. The second-order valence-electron chi connectivity index (χ2n) is 6.17. The number of nitriles is 1. The first-order chi connectivity index (χ1) is 10.3. The molecule has 0 aromatic heterocycles. The Morgan fingerprint density at radius 3 is 2.14 bits per heavy atom. The molecule has 1 amide bonds. The third-order valence-electron chi connectivity index (χ3n) is 4.55. The monoisotopic (exact) mass is 292 g/mol. The Bertz CT molecular complexity index is 350. The zero-order valence-electron chi connectivity index (χ0n) is 13.1. The van der Waals surface area contributed by atoms with E-state index in [0.717, 1.165) is 52.2 Å². The van der Waals surface area contributed by atoms with Crippen LogP contribution in [0.4, 0.5) is 0 Å². The summed E-state index contributed by atoms with van der Waals surface area (Å²) in [5, 5.41) is 8.56. The van der Waals surface area contributed by atoms with Crippen LogP contribution in [0.5, 0.6) is 0 Å². The normalized spacial score (nSPS) is 21.8. The molecule has 0 atom stereocenters. The quantitative estimate of drug-likeness (QED) is 0.717. The first-order valence-electron chi connectivity index (χ1n) is 8.39. The molecule has 0 aliphatic carbocycles. The Hall–Kier alpha value is -1.12. The Labute approximate surface area is 128 Å². The van der Waals surface area contributed by atoms with Gasteiger partial charge in [0.25, 0.3) is 0 Å². The molecule has 2 saturated heterocycles.